The second-order valence-corrected chi connectivity index (χ2v) is 9.10. The van der Waals surface area contributed by atoms with Gasteiger partial charge in [0.2, 0.25) is 0 Å². The average molecular weight is 499 g/mol. The number of thiophene rings is 1. The first-order chi connectivity index (χ1) is 17.5. The van der Waals surface area contributed by atoms with Gasteiger partial charge in [0.15, 0.2) is 5.75 Å². The Morgan fingerprint density at radius 2 is 1.86 bits per heavy atom. The second-order valence-electron chi connectivity index (χ2n) is 8.18. The fourth-order valence-electron chi connectivity index (χ4n) is 3.96. The van der Waals surface area contributed by atoms with Gasteiger partial charge in [-0.3, -0.25) is 19.4 Å². The molecule has 1 amide bonds. The van der Waals surface area contributed by atoms with Crippen molar-refractivity contribution < 1.29 is 9.53 Å². The van der Waals surface area contributed by atoms with Crippen molar-refractivity contribution in [1.82, 2.24) is 4.98 Å². The highest BCUT2D eigenvalue weighted by Gasteiger charge is 2.22. The van der Waals surface area contributed by atoms with E-state index in [0.717, 1.165) is 27.7 Å². The third kappa shape index (κ3) is 4.32. The summed E-state index contributed by atoms with van der Waals surface area (Å²) in [6.07, 6.45) is 1.78. The van der Waals surface area contributed by atoms with E-state index in [1.807, 2.05) is 54.8 Å². The maximum atomic E-state index is 13.1. The lowest BCUT2D eigenvalue weighted by Crippen LogP contribution is -2.34. The van der Waals surface area contributed by atoms with Crippen LogP contribution in [0.4, 0.5) is 22.7 Å². The van der Waals surface area contributed by atoms with Crippen molar-refractivity contribution in [3.05, 3.63) is 103 Å². The Bertz CT molecular complexity index is 1660. The largest absolute Gasteiger partial charge is 0.491 e. The number of amides is 1. The highest BCUT2D eigenvalue weighted by Crippen LogP contribution is 2.29. The number of rotatable bonds is 8. The fourth-order valence-corrected chi connectivity index (χ4v) is 4.73. The number of para-hydroxylation sites is 1. The van der Waals surface area contributed by atoms with Crippen LogP contribution < -0.4 is 31.5 Å². The molecule has 0 aliphatic carbocycles. The highest BCUT2D eigenvalue weighted by molar-refractivity contribution is 7.12. The average Bonchev–Trinajstić information content (AvgIpc) is 3.37. The van der Waals surface area contributed by atoms with E-state index < -0.39 is 10.9 Å². The van der Waals surface area contributed by atoms with Gasteiger partial charge in [0.25, 0.3) is 16.8 Å². The SMILES string of the molecule is COc1c(Nc2cc(NC(=O)c3sccc3NCc3ccnc4ccccc34)ccc2C)c(=O)c1=O. The molecule has 5 aromatic rings. The van der Waals surface area contributed by atoms with E-state index in [2.05, 4.69) is 20.9 Å². The number of pyridine rings is 1. The van der Waals surface area contributed by atoms with Gasteiger partial charge in [0.05, 0.1) is 18.3 Å². The summed E-state index contributed by atoms with van der Waals surface area (Å²) >= 11 is 1.34. The maximum Gasteiger partial charge on any atom is 0.272 e. The summed E-state index contributed by atoms with van der Waals surface area (Å²) in [6.45, 7) is 2.40. The number of ether oxygens (including phenoxy) is 1. The summed E-state index contributed by atoms with van der Waals surface area (Å²) in [5, 5.41) is 12.2. The van der Waals surface area contributed by atoms with Crippen LogP contribution in [-0.4, -0.2) is 18.0 Å². The number of hydrogen-bond acceptors (Lipinski definition) is 8. The molecular weight excluding hydrogens is 476 g/mol. The molecule has 180 valence electrons. The molecule has 5 rings (SSSR count). The van der Waals surface area contributed by atoms with Crippen molar-refractivity contribution in [3.8, 4) is 5.75 Å². The normalized spacial score (nSPS) is 10.9. The smallest absolute Gasteiger partial charge is 0.272 e. The van der Waals surface area contributed by atoms with Crippen LogP contribution in [0.1, 0.15) is 20.8 Å². The lowest BCUT2D eigenvalue weighted by atomic mass is 10.1. The minimum atomic E-state index is -0.653. The van der Waals surface area contributed by atoms with Crippen molar-refractivity contribution in [3.63, 3.8) is 0 Å². The summed E-state index contributed by atoms with van der Waals surface area (Å²) in [6, 6.07) is 17.1. The summed E-state index contributed by atoms with van der Waals surface area (Å²) in [7, 11) is 1.34. The summed E-state index contributed by atoms with van der Waals surface area (Å²) in [5.41, 5.74) is 3.55. The van der Waals surface area contributed by atoms with Gasteiger partial charge in [-0.05, 0) is 53.8 Å². The van der Waals surface area contributed by atoms with Gasteiger partial charge in [0, 0.05) is 29.5 Å². The van der Waals surface area contributed by atoms with Crippen molar-refractivity contribution >= 4 is 50.9 Å². The van der Waals surface area contributed by atoms with Gasteiger partial charge in [-0.25, -0.2) is 0 Å². The van der Waals surface area contributed by atoms with Gasteiger partial charge >= 0.3 is 0 Å². The number of aryl methyl sites for hydroxylation is 1. The molecule has 0 saturated carbocycles. The van der Waals surface area contributed by atoms with Crippen LogP contribution in [0.3, 0.4) is 0 Å². The second kappa shape index (κ2) is 9.63. The molecule has 0 spiro atoms. The molecule has 3 aromatic carbocycles. The van der Waals surface area contributed by atoms with Gasteiger partial charge in [-0.1, -0.05) is 24.3 Å². The first-order valence-corrected chi connectivity index (χ1v) is 12.0. The zero-order chi connectivity index (χ0) is 25.2. The Kier molecular flexibility index (Phi) is 6.22. The molecule has 2 aromatic heterocycles. The monoisotopic (exact) mass is 498 g/mol. The summed E-state index contributed by atoms with van der Waals surface area (Å²) in [5.74, 6) is -0.251. The molecule has 36 heavy (non-hydrogen) atoms. The zero-order valence-electron chi connectivity index (χ0n) is 19.5. The maximum absolute atomic E-state index is 13.1. The number of methoxy groups -OCH3 is 1. The standard InChI is InChI=1S/C27H22N4O4S/c1-15-7-8-17(13-21(15)31-22-23(32)24(33)25(22)35-2)30-27(34)26-20(10-12-36-26)29-14-16-9-11-28-19-6-4-3-5-18(16)19/h3-13,29,31H,14H2,1-2H3,(H,30,34). The van der Waals surface area contributed by atoms with E-state index in [1.165, 1.54) is 18.4 Å². The van der Waals surface area contributed by atoms with Crippen LogP contribution >= 0.6 is 11.3 Å². The van der Waals surface area contributed by atoms with Crippen molar-refractivity contribution in [2.75, 3.05) is 23.1 Å². The Hall–Kier alpha value is -4.50. The van der Waals surface area contributed by atoms with Gasteiger partial charge in [0.1, 0.15) is 10.6 Å². The molecule has 0 unspecified atom stereocenters. The van der Waals surface area contributed by atoms with Crippen LogP contribution in [-0.2, 0) is 6.54 Å². The Labute approximate surface area is 210 Å². The lowest BCUT2D eigenvalue weighted by molar-refractivity contribution is 0.103. The molecule has 0 atom stereocenters. The molecule has 8 nitrogen and oxygen atoms in total. The van der Waals surface area contributed by atoms with E-state index >= 15 is 0 Å². The van der Waals surface area contributed by atoms with Crippen LogP contribution in [0.15, 0.2) is 75.8 Å². The fraction of sp³-hybridized carbons (Fsp3) is 0.111. The quantitative estimate of drug-likeness (QED) is 0.263. The van der Waals surface area contributed by atoms with Crippen molar-refractivity contribution in [1.29, 1.82) is 0 Å². The Balaban J connectivity index is 1.31. The van der Waals surface area contributed by atoms with Crippen molar-refractivity contribution in [2.45, 2.75) is 13.5 Å². The molecule has 9 heteroatoms. The van der Waals surface area contributed by atoms with Crippen LogP contribution in [0.2, 0.25) is 0 Å². The number of aromatic nitrogens is 1. The number of hydrogen-bond donors (Lipinski definition) is 3. The van der Waals surface area contributed by atoms with E-state index in [1.54, 1.807) is 18.3 Å². The minimum absolute atomic E-state index is 0.00474. The summed E-state index contributed by atoms with van der Waals surface area (Å²) in [4.78, 5) is 41.6. The Morgan fingerprint density at radius 3 is 2.69 bits per heavy atom. The predicted octanol–water partition coefficient (Wildman–Crippen LogP) is 4.82. The van der Waals surface area contributed by atoms with Gasteiger partial charge in [-0.15, -0.1) is 11.3 Å². The number of anilines is 4. The van der Waals surface area contributed by atoms with Crippen LogP contribution in [0.25, 0.3) is 10.9 Å². The number of carbonyl (C=O) groups is 1. The van der Waals surface area contributed by atoms with Crippen molar-refractivity contribution in [2.24, 2.45) is 0 Å². The molecule has 0 aliphatic rings. The third-order valence-corrected chi connectivity index (χ3v) is 6.82. The van der Waals surface area contributed by atoms with Crippen LogP contribution in [0.5, 0.6) is 5.75 Å². The van der Waals surface area contributed by atoms with E-state index in [9.17, 15) is 14.4 Å². The predicted molar refractivity (Wildman–Crippen MR) is 144 cm³/mol. The number of nitrogens with zero attached hydrogens (tertiary/aromatic N) is 1. The molecule has 0 radical (unpaired) electrons. The number of benzene rings is 2. The zero-order valence-corrected chi connectivity index (χ0v) is 20.4. The topological polar surface area (TPSA) is 109 Å². The first-order valence-electron chi connectivity index (χ1n) is 11.2. The van der Waals surface area contributed by atoms with Gasteiger partial charge in [-0.2, -0.15) is 0 Å². The summed E-state index contributed by atoms with van der Waals surface area (Å²) < 4.78 is 5.00. The third-order valence-electron chi connectivity index (χ3n) is 5.91. The lowest BCUT2D eigenvalue weighted by Gasteiger charge is -2.15. The number of fused-ring (bicyclic) bond motifs is 1. The molecule has 3 N–H and O–H groups in total. The van der Waals surface area contributed by atoms with Gasteiger partial charge < -0.3 is 20.7 Å². The highest BCUT2D eigenvalue weighted by atomic mass is 32.1. The van der Waals surface area contributed by atoms with E-state index in [-0.39, 0.29) is 17.3 Å². The van der Waals surface area contributed by atoms with Crippen LogP contribution in [0, 0.1) is 6.92 Å². The molecule has 0 bridgehead atoms. The molecule has 2 heterocycles. The number of carbonyl (C=O) groups excluding carboxylic acids is 1. The van der Waals surface area contributed by atoms with E-state index in [0.29, 0.717) is 22.8 Å². The first kappa shape index (κ1) is 23.3. The van der Waals surface area contributed by atoms with E-state index in [4.69, 9.17) is 4.74 Å². The molecular formula is C27H22N4O4S. The molecule has 0 fully saturated rings. The Morgan fingerprint density at radius 1 is 1.03 bits per heavy atom. The molecule has 0 aliphatic heterocycles. The minimum Gasteiger partial charge on any atom is -0.491 e. The molecule has 0 saturated heterocycles. The number of nitrogens with one attached hydrogen (secondary N) is 3.